The van der Waals surface area contributed by atoms with E-state index in [1.165, 1.54) is 11.5 Å². The highest BCUT2D eigenvalue weighted by atomic mass is 35.5. The second kappa shape index (κ2) is 4.77. The maximum absolute atomic E-state index is 9.49. The summed E-state index contributed by atoms with van der Waals surface area (Å²) in [6.45, 7) is 3.53. The number of rotatable bonds is 2. The van der Waals surface area contributed by atoms with Crippen molar-refractivity contribution in [3.8, 4) is 5.75 Å². The van der Waals surface area contributed by atoms with E-state index in [-0.39, 0.29) is 10.8 Å². The summed E-state index contributed by atoms with van der Waals surface area (Å²) >= 11 is 7.00. The number of halogens is 1. The fourth-order valence-corrected chi connectivity index (χ4v) is 1.97. The van der Waals surface area contributed by atoms with Gasteiger partial charge < -0.3 is 5.11 Å². The van der Waals surface area contributed by atoms with E-state index in [9.17, 15) is 5.11 Å². The van der Waals surface area contributed by atoms with Crippen molar-refractivity contribution in [2.24, 2.45) is 10.2 Å². The van der Waals surface area contributed by atoms with Gasteiger partial charge >= 0.3 is 0 Å². The lowest BCUT2D eigenvalue weighted by molar-refractivity contribution is 0.471. The summed E-state index contributed by atoms with van der Waals surface area (Å²) in [4.78, 5) is 4.05. The van der Waals surface area contributed by atoms with Gasteiger partial charge in [0.1, 0.15) is 11.6 Å². The highest BCUT2D eigenvalue weighted by molar-refractivity contribution is 7.09. The molecule has 0 atom stereocenters. The molecule has 1 aromatic heterocycles. The Bertz CT molecular complexity index is 558. The number of nitrogens with zero attached hydrogens (tertiary/aromatic N) is 4. The van der Waals surface area contributed by atoms with E-state index in [0.29, 0.717) is 22.2 Å². The number of hydrogen-bond donors (Lipinski definition) is 1. The molecule has 0 aliphatic heterocycles. The first-order valence-electron chi connectivity index (χ1n) is 4.77. The van der Waals surface area contributed by atoms with Crippen LogP contribution in [0.15, 0.2) is 22.4 Å². The van der Waals surface area contributed by atoms with Crippen LogP contribution >= 0.6 is 23.1 Å². The number of aromatic nitrogens is 2. The average molecular weight is 269 g/mol. The Balaban J connectivity index is 2.27. The number of aryl methyl sites for hydroxylation is 2. The first-order chi connectivity index (χ1) is 8.06. The molecule has 0 amide bonds. The number of azo groups is 1. The van der Waals surface area contributed by atoms with Crippen LogP contribution in [0, 0.1) is 13.8 Å². The average Bonchev–Trinajstić information content (AvgIpc) is 2.69. The van der Waals surface area contributed by atoms with Crippen molar-refractivity contribution in [1.82, 2.24) is 9.36 Å². The molecule has 0 saturated carbocycles. The van der Waals surface area contributed by atoms with Crippen LogP contribution in [0.1, 0.15) is 11.4 Å². The fraction of sp³-hybridized carbons (Fsp3) is 0.200. The zero-order valence-electron chi connectivity index (χ0n) is 9.18. The maximum Gasteiger partial charge on any atom is 0.249 e. The molecular formula is C10H9ClN4OS. The first kappa shape index (κ1) is 11.9. The topological polar surface area (TPSA) is 70.7 Å². The predicted octanol–water partition coefficient (Wildman–Crippen LogP) is 3.93. The number of benzene rings is 1. The number of phenolic OH excluding ortho intramolecular Hbond substituents is 1. The second-order valence-electron chi connectivity index (χ2n) is 3.42. The van der Waals surface area contributed by atoms with Gasteiger partial charge in [0, 0.05) is 11.5 Å². The molecular weight excluding hydrogens is 260 g/mol. The molecule has 0 radical (unpaired) electrons. The van der Waals surface area contributed by atoms with Gasteiger partial charge in [-0.05, 0) is 31.5 Å². The molecule has 5 nitrogen and oxygen atoms in total. The van der Waals surface area contributed by atoms with Crippen LogP contribution in [0.5, 0.6) is 5.75 Å². The largest absolute Gasteiger partial charge is 0.506 e. The first-order valence-corrected chi connectivity index (χ1v) is 5.92. The van der Waals surface area contributed by atoms with E-state index in [1.54, 1.807) is 26.0 Å². The van der Waals surface area contributed by atoms with E-state index < -0.39 is 0 Å². The quantitative estimate of drug-likeness (QED) is 0.839. The monoisotopic (exact) mass is 268 g/mol. The summed E-state index contributed by atoms with van der Waals surface area (Å²) in [6, 6.07) is 3.24. The van der Waals surface area contributed by atoms with Gasteiger partial charge in [-0.2, -0.15) is 4.37 Å². The Morgan fingerprint density at radius 1 is 1.29 bits per heavy atom. The molecule has 0 fully saturated rings. The lowest BCUT2D eigenvalue weighted by Crippen LogP contribution is -1.76. The zero-order chi connectivity index (χ0) is 12.4. The van der Waals surface area contributed by atoms with E-state index >= 15 is 0 Å². The minimum atomic E-state index is 0.0670. The molecule has 0 saturated heterocycles. The van der Waals surface area contributed by atoms with E-state index in [2.05, 4.69) is 19.6 Å². The Morgan fingerprint density at radius 3 is 2.65 bits per heavy atom. The minimum Gasteiger partial charge on any atom is -0.506 e. The van der Waals surface area contributed by atoms with Gasteiger partial charge in [-0.15, -0.1) is 10.2 Å². The van der Waals surface area contributed by atoms with Crippen molar-refractivity contribution in [3.05, 3.63) is 28.5 Å². The lowest BCUT2D eigenvalue weighted by atomic mass is 10.2. The Morgan fingerprint density at radius 2 is 2.06 bits per heavy atom. The molecule has 0 spiro atoms. The van der Waals surface area contributed by atoms with Crippen LogP contribution in [0.3, 0.4) is 0 Å². The zero-order valence-corrected chi connectivity index (χ0v) is 10.7. The van der Waals surface area contributed by atoms with Gasteiger partial charge in [0.05, 0.1) is 10.7 Å². The van der Waals surface area contributed by atoms with Gasteiger partial charge in [-0.1, -0.05) is 11.6 Å². The van der Waals surface area contributed by atoms with Crippen molar-refractivity contribution in [1.29, 1.82) is 0 Å². The Kier molecular flexibility index (Phi) is 3.35. The van der Waals surface area contributed by atoms with Crippen molar-refractivity contribution in [3.63, 3.8) is 0 Å². The van der Waals surface area contributed by atoms with Gasteiger partial charge in [0.15, 0.2) is 0 Å². The highest BCUT2D eigenvalue weighted by Gasteiger charge is 2.04. The summed E-state index contributed by atoms with van der Waals surface area (Å²) in [6.07, 6.45) is 0. The van der Waals surface area contributed by atoms with Crippen LogP contribution in [0.2, 0.25) is 5.02 Å². The Labute approximate surface area is 107 Å². The maximum atomic E-state index is 9.49. The molecule has 0 aliphatic rings. The normalized spacial score (nSPS) is 11.2. The molecule has 7 heteroatoms. The van der Waals surface area contributed by atoms with Crippen LogP contribution in [-0.2, 0) is 0 Å². The van der Waals surface area contributed by atoms with Crippen molar-refractivity contribution in [2.45, 2.75) is 13.8 Å². The lowest BCUT2D eigenvalue weighted by Gasteiger charge is -2.01. The standard InChI is InChI=1S/C10H9ClN4OS/c1-5-3-7(4-8(11)9(5)16)13-14-10-12-6(2)15-17-10/h3-4,16H,1-2H3/b14-13+. The van der Waals surface area contributed by atoms with Crippen LogP contribution in [0.25, 0.3) is 0 Å². The van der Waals surface area contributed by atoms with Crippen LogP contribution in [-0.4, -0.2) is 14.5 Å². The molecule has 2 rings (SSSR count). The van der Waals surface area contributed by atoms with Gasteiger partial charge in [0.2, 0.25) is 5.13 Å². The predicted molar refractivity (Wildman–Crippen MR) is 66.7 cm³/mol. The molecule has 0 unspecified atom stereocenters. The molecule has 17 heavy (non-hydrogen) atoms. The van der Waals surface area contributed by atoms with Gasteiger partial charge in [-0.25, -0.2) is 4.98 Å². The second-order valence-corrected chi connectivity index (χ2v) is 4.55. The third kappa shape index (κ3) is 2.78. The Hall–Kier alpha value is -1.53. The van der Waals surface area contributed by atoms with Crippen molar-refractivity contribution < 1.29 is 5.11 Å². The molecule has 88 valence electrons. The van der Waals surface area contributed by atoms with Gasteiger partial charge in [-0.3, -0.25) is 0 Å². The van der Waals surface area contributed by atoms with Crippen molar-refractivity contribution in [2.75, 3.05) is 0 Å². The summed E-state index contributed by atoms with van der Waals surface area (Å²) in [7, 11) is 0. The molecule has 2 aromatic rings. The minimum absolute atomic E-state index is 0.0670. The van der Waals surface area contributed by atoms with Crippen LogP contribution in [0.4, 0.5) is 10.8 Å². The highest BCUT2D eigenvalue weighted by Crippen LogP contribution is 2.32. The molecule has 1 aromatic carbocycles. The summed E-state index contributed by atoms with van der Waals surface area (Å²) < 4.78 is 3.99. The molecule has 1 N–H and O–H groups in total. The van der Waals surface area contributed by atoms with Crippen molar-refractivity contribution >= 4 is 34.0 Å². The number of hydrogen-bond acceptors (Lipinski definition) is 6. The molecule has 0 bridgehead atoms. The van der Waals surface area contributed by atoms with E-state index in [1.807, 2.05) is 0 Å². The molecule has 1 heterocycles. The third-order valence-electron chi connectivity index (χ3n) is 2.01. The fourth-order valence-electron chi connectivity index (χ4n) is 1.20. The number of phenols is 1. The van der Waals surface area contributed by atoms with E-state index in [4.69, 9.17) is 11.6 Å². The number of aromatic hydroxyl groups is 1. The summed E-state index contributed by atoms with van der Waals surface area (Å²) in [5.41, 5.74) is 1.22. The molecule has 0 aliphatic carbocycles. The SMILES string of the molecule is Cc1nsc(/N=N/c2cc(C)c(O)c(Cl)c2)n1. The van der Waals surface area contributed by atoms with Crippen LogP contribution < -0.4 is 0 Å². The summed E-state index contributed by atoms with van der Waals surface area (Å²) in [5, 5.41) is 18.2. The third-order valence-corrected chi connectivity index (χ3v) is 2.99. The van der Waals surface area contributed by atoms with Gasteiger partial charge in [0.25, 0.3) is 0 Å². The smallest absolute Gasteiger partial charge is 0.249 e. The summed E-state index contributed by atoms with van der Waals surface area (Å²) in [5.74, 6) is 0.737. The van der Waals surface area contributed by atoms with E-state index in [0.717, 1.165) is 0 Å².